The normalized spacial score (nSPS) is 18.3. The van der Waals surface area contributed by atoms with E-state index in [1.54, 1.807) is 36.4 Å². The van der Waals surface area contributed by atoms with Crippen LogP contribution in [0.3, 0.4) is 0 Å². The summed E-state index contributed by atoms with van der Waals surface area (Å²) < 4.78 is 0. The number of hydrogen-bond donors (Lipinski definition) is 3. The van der Waals surface area contributed by atoms with E-state index in [1.807, 2.05) is 12.1 Å². The van der Waals surface area contributed by atoms with Gasteiger partial charge in [-0.1, -0.05) is 48.4 Å². The Morgan fingerprint density at radius 3 is 2.72 bits per heavy atom. The van der Waals surface area contributed by atoms with Crippen molar-refractivity contribution in [3.8, 4) is 11.8 Å². The fourth-order valence-electron chi connectivity index (χ4n) is 3.82. The maximum Gasteiger partial charge on any atom is 0.296 e. The zero-order chi connectivity index (χ0) is 22.7. The molecule has 8 heteroatoms. The van der Waals surface area contributed by atoms with E-state index in [0.29, 0.717) is 17.5 Å². The standard InChI is InChI=1S/C24H21N3O5/c28-20(16-4-2-1-3-5-16)9-11-21(29)25-13-15-6-7-18-17(12-15)14-27(24(18)32)19-8-10-22(30)26-23(19)31/h1-7,12,19-20,28H,8,10,13-14H2,(H,25,29)(H,26,30,31). The number of aliphatic hydroxyl groups is 1. The Labute approximate surface area is 184 Å². The SMILES string of the molecule is O=C(C#CC(O)c1ccccc1)NCc1ccc2c(c1)CN(C1CCC(=O)NC1=O)C2=O. The van der Waals surface area contributed by atoms with Crippen LogP contribution in [0.2, 0.25) is 0 Å². The van der Waals surface area contributed by atoms with E-state index in [9.17, 15) is 24.3 Å². The van der Waals surface area contributed by atoms with Crippen molar-refractivity contribution in [3.63, 3.8) is 0 Å². The number of carbonyl (C=O) groups is 4. The highest BCUT2D eigenvalue weighted by atomic mass is 16.3. The van der Waals surface area contributed by atoms with Crippen LogP contribution in [0.5, 0.6) is 0 Å². The average molecular weight is 431 g/mol. The number of imide groups is 1. The molecule has 0 spiro atoms. The van der Waals surface area contributed by atoms with Gasteiger partial charge >= 0.3 is 0 Å². The Morgan fingerprint density at radius 1 is 1.19 bits per heavy atom. The zero-order valence-electron chi connectivity index (χ0n) is 17.1. The van der Waals surface area contributed by atoms with E-state index in [4.69, 9.17) is 0 Å². The molecular weight excluding hydrogens is 410 g/mol. The number of hydrogen-bond acceptors (Lipinski definition) is 5. The van der Waals surface area contributed by atoms with E-state index in [-0.39, 0.29) is 31.3 Å². The maximum atomic E-state index is 12.7. The summed E-state index contributed by atoms with van der Waals surface area (Å²) in [5, 5.41) is 15.0. The molecule has 0 bridgehead atoms. The number of amides is 4. The van der Waals surface area contributed by atoms with Gasteiger partial charge in [-0.15, -0.1) is 0 Å². The van der Waals surface area contributed by atoms with Crippen molar-refractivity contribution in [2.24, 2.45) is 0 Å². The lowest BCUT2D eigenvalue weighted by Gasteiger charge is -2.29. The van der Waals surface area contributed by atoms with Crippen molar-refractivity contribution in [3.05, 3.63) is 70.8 Å². The van der Waals surface area contributed by atoms with Gasteiger partial charge in [-0.2, -0.15) is 0 Å². The highest BCUT2D eigenvalue weighted by molar-refractivity contribution is 6.05. The summed E-state index contributed by atoms with van der Waals surface area (Å²) in [4.78, 5) is 49.7. The first-order valence-corrected chi connectivity index (χ1v) is 10.2. The quantitative estimate of drug-likeness (QED) is 0.489. The number of nitrogens with one attached hydrogen (secondary N) is 2. The number of nitrogens with zero attached hydrogens (tertiary/aromatic N) is 1. The van der Waals surface area contributed by atoms with Gasteiger partial charge in [0.1, 0.15) is 12.1 Å². The van der Waals surface area contributed by atoms with Crippen molar-refractivity contribution >= 4 is 23.6 Å². The predicted octanol–water partition coefficient (Wildman–Crippen LogP) is 0.801. The minimum atomic E-state index is -1.05. The first kappa shape index (κ1) is 21.3. The number of rotatable bonds is 4. The molecule has 0 aliphatic carbocycles. The molecule has 162 valence electrons. The fraction of sp³-hybridized carbons (Fsp3) is 0.250. The van der Waals surface area contributed by atoms with Crippen LogP contribution < -0.4 is 10.6 Å². The minimum Gasteiger partial charge on any atom is -0.376 e. The molecule has 2 aliphatic heterocycles. The van der Waals surface area contributed by atoms with Crippen LogP contribution in [-0.4, -0.2) is 39.7 Å². The van der Waals surface area contributed by atoms with Crippen LogP contribution >= 0.6 is 0 Å². The largest absolute Gasteiger partial charge is 0.376 e. The molecule has 0 saturated carbocycles. The third-order valence-electron chi connectivity index (χ3n) is 5.48. The lowest BCUT2D eigenvalue weighted by Crippen LogP contribution is -2.52. The first-order chi connectivity index (χ1) is 15.4. The summed E-state index contributed by atoms with van der Waals surface area (Å²) in [5.74, 6) is 3.35. The van der Waals surface area contributed by atoms with Gasteiger partial charge in [0.05, 0.1) is 0 Å². The Balaban J connectivity index is 1.36. The summed E-state index contributed by atoms with van der Waals surface area (Å²) in [7, 11) is 0. The molecule has 2 unspecified atom stereocenters. The molecule has 32 heavy (non-hydrogen) atoms. The third kappa shape index (κ3) is 4.53. The second-order valence-corrected chi connectivity index (χ2v) is 7.66. The smallest absolute Gasteiger partial charge is 0.296 e. The zero-order valence-corrected chi connectivity index (χ0v) is 17.1. The predicted molar refractivity (Wildman–Crippen MR) is 114 cm³/mol. The molecule has 2 aromatic carbocycles. The van der Waals surface area contributed by atoms with Crippen molar-refractivity contribution in [2.45, 2.75) is 38.1 Å². The third-order valence-corrected chi connectivity index (χ3v) is 5.48. The molecular formula is C24H21N3O5. The second kappa shape index (κ2) is 9.04. The Bertz CT molecular complexity index is 1150. The molecule has 4 amide bonds. The van der Waals surface area contributed by atoms with Crippen LogP contribution in [0.1, 0.15) is 46.0 Å². The van der Waals surface area contributed by atoms with Gasteiger partial charge in [0.15, 0.2) is 0 Å². The summed E-state index contributed by atoms with van der Waals surface area (Å²) in [6.07, 6.45) is -0.541. The van der Waals surface area contributed by atoms with Crippen molar-refractivity contribution in [1.29, 1.82) is 0 Å². The lowest BCUT2D eigenvalue weighted by atomic mass is 10.0. The van der Waals surface area contributed by atoms with E-state index in [2.05, 4.69) is 22.5 Å². The monoisotopic (exact) mass is 431 g/mol. The second-order valence-electron chi connectivity index (χ2n) is 7.66. The van der Waals surface area contributed by atoms with E-state index in [0.717, 1.165) is 11.1 Å². The van der Waals surface area contributed by atoms with Crippen LogP contribution in [0.4, 0.5) is 0 Å². The molecule has 1 saturated heterocycles. The van der Waals surface area contributed by atoms with Crippen molar-refractivity contribution in [2.75, 3.05) is 0 Å². The van der Waals surface area contributed by atoms with Crippen LogP contribution in [-0.2, 0) is 27.5 Å². The van der Waals surface area contributed by atoms with Crippen molar-refractivity contribution < 1.29 is 24.3 Å². The van der Waals surface area contributed by atoms with Gasteiger partial charge < -0.3 is 15.3 Å². The van der Waals surface area contributed by atoms with Crippen LogP contribution in [0.15, 0.2) is 48.5 Å². The fourth-order valence-corrected chi connectivity index (χ4v) is 3.82. The molecule has 2 atom stereocenters. The van der Waals surface area contributed by atoms with Crippen LogP contribution in [0.25, 0.3) is 0 Å². The van der Waals surface area contributed by atoms with Gasteiger partial charge in [0.2, 0.25) is 11.8 Å². The molecule has 3 N–H and O–H groups in total. The summed E-state index contributed by atoms with van der Waals surface area (Å²) in [6, 6.07) is 13.4. The summed E-state index contributed by atoms with van der Waals surface area (Å²) >= 11 is 0. The van der Waals surface area contributed by atoms with E-state index in [1.165, 1.54) is 4.90 Å². The van der Waals surface area contributed by atoms with Gasteiger partial charge in [0, 0.05) is 25.1 Å². The average Bonchev–Trinajstić information content (AvgIpc) is 3.12. The van der Waals surface area contributed by atoms with E-state index >= 15 is 0 Å². The number of aliphatic hydroxyl groups excluding tert-OH is 1. The number of carbonyl (C=O) groups excluding carboxylic acids is 4. The molecule has 2 aliphatic rings. The lowest BCUT2D eigenvalue weighted by molar-refractivity contribution is -0.137. The minimum absolute atomic E-state index is 0.202. The topological polar surface area (TPSA) is 116 Å². The number of piperidine rings is 1. The molecule has 2 heterocycles. The highest BCUT2D eigenvalue weighted by Gasteiger charge is 2.39. The molecule has 4 rings (SSSR count). The van der Waals surface area contributed by atoms with Crippen LogP contribution in [0, 0.1) is 11.8 Å². The van der Waals surface area contributed by atoms with Gasteiger partial charge in [-0.05, 0) is 35.1 Å². The number of fused-ring (bicyclic) bond motifs is 1. The van der Waals surface area contributed by atoms with Gasteiger partial charge in [-0.25, -0.2) is 0 Å². The Hall–Kier alpha value is -3.96. The van der Waals surface area contributed by atoms with Crippen molar-refractivity contribution in [1.82, 2.24) is 15.5 Å². The van der Waals surface area contributed by atoms with Gasteiger partial charge in [0.25, 0.3) is 11.8 Å². The van der Waals surface area contributed by atoms with E-state index < -0.39 is 24.0 Å². The summed E-state index contributed by atoms with van der Waals surface area (Å²) in [5.41, 5.74) is 2.66. The highest BCUT2D eigenvalue weighted by Crippen LogP contribution is 2.28. The molecule has 8 nitrogen and oxygen atoms in total. The number of benzene rings is 2. The molecule has 0 radical (unpaired) electrons. The Kier molecular flexibility index (Phi) is 6.01. The first-order valence-electron chi connectivity index (χ1n) is 10.2. The van der Waals surface area contributed by atoms with Gasteiger partial charge in [-0.3, -0.25) is 24.5 Å². The molecule has 0 aromatic heterocycles. The summed E-state index contributed by atoms with van der Waals surface area (Å²) in [6.45, 7) is 0.472. The Morgan fingerprint density at radius 2 is 1.97 bits per heavy atom. The molecule has 1 fully saturated rings. The maximum absolute atomic E-state index is 12.7. The molecule has 2 aromatic rings.